The van der Waals surface area contributed by atoms with Gasteiger partial charge in [0.2, 0.25) is 11.8 Å². The van der Waals surface area contributed by atoms with Gasteiger partial charge in [-0.25, -0.2) is 0 Å². The molecule has 124 valence electrons. The van der Waals surface area contributed by atoms with E-state index in [1.54, 1.807) is 12.4 Å². The van der Waals surface area contributed by atoms with Crippen molar-refractivity contribution in [2.24, 2.45) is 5.92 Å². The molecule has 0 unspecified atom stereocenters. The molecule has 6 nitrogen and oxygen atoms in total. The van der Waals surface area contributed by atoms with Crippen LogP contribution in [0.2, 0.25) is 0 Å². The zero-order valence-electron chi connectivity index (χ0n) is 13.5. The summed E-state index contributed by atoms with van der Waals surface area (Å²) in [6, 6.07) is 11.3. The number of amides is 2. The van der Waals surface area contributed by atoms with Crippen molar-refractivity contribution >= 4 is 23.2 Å². The SMILES string of the molecule is C[C@H]1CN(CC(=O)NCc2cccnc2)c2ccccc2NC1=O. The number of carbonyl (C=O) groups is 2. The first-order valence-electron chi connectivity index (χ1n) is 7.94. The molecule has 1 atom stereocenters. The third-order valence-corrected chi connectivity index (χ3v) is 3.99. The lowest BCUT2D eigenvalue weighted by Gasteiger charge is -2.24. The highest BCUT2D eigenvalue weighted by Crippen LogP contribution is 2.29. The van der Waals surface area contributed by atoms with Gasteiger partial charge in [-0.15, -0.1) is 0 Å². The summed E-state index contributed by atoms with van der Waals surface area (Å²) in [6.45, 7) is 3.01. The molecule has 2 heterocycles. The molecule has 0 fully saturated rings. The van der Waals surface area contributed by atoms with Crippen LogP contribution in [-0.4, -0.2) is 29.9 Å². The van der Waals surface area contributed by atoms with E-state index >= 15 is 0 Å². The van der Waals surface area contributed by atoms with Gasteiger partial charge in [0.05, 0.1) is 23.8 Å². The molecule has 2 N–H and O–H groups in total. The molecule has 2 aromatic rings. The molecule has 1 aliphatic heterocycles. The highest BCUT2D eigenvalue weighted by Gasteiger charge is 2.25. The van der Waals surface area contributed by atoms with Crippen molar-refractivity contribution < 1.29 is 9.59 Å². The topological polar surface area (TPSA) is 74.3 Å². The first-order chi connectivity index (χ1) is 11.6. The van der Waals surface area contributed by atoms with E-state index in [1.165, 1.54) is 0 Å². The van der Waals surface area contributed by atoms with Crippen molar-refractivity contribution in [1.82, 2.24) is 10.3 Å². The molecule has 0 saturated carbocycles. The maximum Gasteiger partial charge on any atom is 0.239 e. The van der Waals surface area contributed by atoms with Gasteiger partial charge >= 0.3 is 0 Å². The monoisotopic (exact) mass is 324 g/mol. The molecule has 1 aromatic carbocycles. The summed E-state index contributed by atoms with van der Waals surface area (Å²) in [5.41, 5.74) is 2.56. The largest absolute Gasteiger partial charge is 0.360 e. The average Bonchev–Trinajstić information content (AvgIpc) is 2.71. The maximum atomic E-state index is 12.3. The molecule has 0 spiro atoms. The van der Waals surface area contributed by atoms with E-state index in [4.69, 9.17) is 0 Å². The fraction of sp³-hybridized carbons (Fsp3) is 0.278. The number of fused-ring (bicyclic) bond motifs is 1. The lowest BCUT2D eigenvalue weighted by molar-refractivity contribution is -0.121. The Bertz CT molecular complexity index is 733. The number of hydrogen-bond acceptors (Lipinski definition) is 4. The summed E-state index contributed by atoms with van der Waals surface area (Å²) < 4.78 is 0. The number of benzene rings is 1. The van der Waals surface area contributed by atoms with Crippen molar-refractivity contribution in [2.75, 3.05) is 23.3 Å². The second-order valence-electron chi connectivity index (χ2n) is 5.93. The average molecular weight is 324 g/mol. The minimum absolute atomic E-state index is 0.0271. The molecule has 0 aliphatic carbocycles. The predicted octanol–water partition coefficient (Wildman–Crippen LogP) is 1.79. The third-order valence-electron chi connectivity index (χ3n) is 3.99. The van der Waals surface area contributed by atoms with E-state index in [0.717, 1.165) is 16.9 Å². The molecular formula is C18H20N4O2. The van der Waals surface area contributed by atoms with Gasteiger partial charge in [0, 0.05) is 25.5 Å². The molecule has 2 amide bonds. The normalized spacial score (nSPS) is 16.8. The van der Waals surface area contributed by atoms with Crippen molar-refractivity contribution in [1.29, 1.82) is 0 Å². The van der Waals surface area contributed by atoms with E-state index in [2.05, 4.69) is 15.6 Å². The second-order valence-corrected chi connectivity index (χ2v) is 5.93. The Kier molecular flexibility index (Phi) is 4.74. The summed E-state index contributed by atoms with van der Waals surface area (Å²) in [7, 11) is 0. The molecule has 1 aromatic heterocycles. The van der Waals surface area contributed by atoms with Crippen LogP contribution in [0, 0.1) is 5.92 Å². The fourth-order valence-electron chi connectivity index (χ4n) is 2.71. The minimum Gasteiger partial charge on any atom is -0.360 e. The lowest BCUT2D eigenvalue weighted by Crippen LogP contribution is -2.39. The molecule has 0 saturated heterocycles. The number of carbonyl (C=O) groups excluding carboxylic acids is 2. The number of aromatic nitrogens is 1. The quantitative estimate of drug-likeness (QED) is 0.899. The zero-order chi connectivity index (χ0) is 16.9. The van der Waals surface area contributed by atoms with Crippen molar-refractivity contribution in [3.63, 3.8) is 0 Å². The van der Waals surface area contributed by atoms with E-state index in [1.807, 2.05) is 48.2 Å². The Morgan fingerprint density at radius 2 is 2.17 bits per heavy atom. The van der Waals surface area contributed by atoms with E-state index in [-0.39, 0.29) is 24.3 Å². The van der Waals surface area contributed by atoms with Crippen LogP contribution in [0.1, 0.15) is 12.5 Å². The van der Waals surface area contributed by atoms with Crippen LogP contribution in [0.4, 0.5) is 11.4 Å². The van der Waals surface area contributed by atoms with Crippen molar-refractivity contribution in [3.8, 4) is 0 Å². The van der Waals surface area contributed by atoms with Gasteiger partial charge in [0.1, 0.15) is 0 Å². The van der Waals surface area contributed by atoms with Gasteiger partial charge in [-0.2, -0.15) is 0 Å². The van der Waals surface area contributed by atoms with Crippen LogP contribution in [-0.2, 0) is 16.1 Å². The Labute approximate surface area is 140 Å². The Balaban J connectivity index is 1.69. The minimum atomic E-state index is -0.191. The predicted molar refractivity (Wildman–Crippen MR) is 92.5 cm³/mol. The highest BCUT2D eigenvalue weighted by molar-refractivity contribution is 5.98. The third kappa shape index (κ3) is 3.71. The van der Waals surface area contributed by atoms with Gasteiger partial charge < -0.3 is 15.5 Å². The fourth-order valence-corrected chi connectivity index (χ4v) is 2.71. The first-order valence-corrected chi connectivity index (χ1v) is 7.94. The van der Waals surface area contributed by atoms with Crippen LogP contribution < -0.4 is 15.5 Å². The highest BCUT2D eigenvalue weighted by atomic mass is 16.2. The number of pyridine rings is 1. The molecule has 0 radical (unpaired) electrons. The van der Waals surface area contributed by atoms with Gasteiger partial charge in [-0.3, -0.25) is 14.6 Å². The number of anilines is 2. The smallest absolute Gasteiger partial charge is 0.239 e. The number of para-hydroxylation sites is 2. The van der Waals surface area contributed by atoms with Gasteiger partial charge in [-0.05, 0) is 23.8 Å². The van der Waals surface area contributed by atoms with Crippen molar-refractivity contribution in [3.05, 3.63) is 54.4 Å². The number of hydrogen-bond donors (Lipinski definition) is 2. The van der Waals surface area contributed by atoms with Gasteiger partial charge in [0.15, 0.2) is 0 Å². The number of rotatable bonds is 4. The lowest BCUT2D eigenvalue weighted by atomic mass is 10.1. The maximum absolute atomic E-state index is 12.3. The second kappa shape index (κ2) is 7.12. The molecule has 0 bridgehead atoms. The molecule has 6 heteroatoms. The van der Waals surface area contributed by atoms with E-state index < -0.39 is 0 Å². The molecular weight excluding hydrogens is 304 g/mol. The van der Waals surface area contributed by atoms with Crippen LogP contribution in [0.15, 0.2) is 48.8 Å². The van der Waals surface area contributed by atoms with Crippen LogP contribution in [0.3, 0.4) is 0 Å². The molecule has 24 heavy (non-hydrogen) atoms. The van der Waals surface area contributed by atoms with Gasteiger partial charge in [0.25, 0.3) is 0 Å². The number of nitrogens with zero attached hydrogens (tertiary/aromatic N) is 2. The molecule has 1 aliphatic rings. The summed E-state index contributed by atoms with van der Waals surface area (Å²) in [5.74, 6) is -0.306. The number of nitrogens with one attached hydrogen (secondary N) is 2. The Morgan fingerprint density at radius 1 is 1.33 bits per heavy atom. The summed E-state index contributed by atoms with van der Waals surface area (Å²) in [6.07, 6.45) is 3.43. The van der Waals surface area contributed by atoms with Gasteiger partial charge in [-0.1, -0.05) is 25.1 Å². The molecule has 3 rings (SSSR count). The van der Waals surface area contributed by atoms with E-state index in [9.17, 15) is 9.59 Å². The Hall–Kier alpha value is -2.89. The zero-order valence-corrected chi connectivity index (χ0v) is 13.5. The van der Waals surface area contributed by atoms with Crippen molar-refractivity contribution in [2.45, 2.75) is 13.5 Å². The summed E-state index contributed by atoms with van der Waals surface area (Å²) in [5, 5.41) is 5.81. The Morgan fingerprint density at radius 3 is 2.96 bits per heavy atom. The van der Waals surface area contributed by atoms with Crippen LogP contribution >= 0.6 is 0 Å². The van der Waals surface area contributed by atoms with Crippen LogP contribution in [0.5, 0.6) is 0 Å². The standard InChI is InChI=1S/C18H20N4O2/c1-13-11-22(16-7-3-2-6-15(16)21-18(13)24)12-17(23)20-10-14-5-4-8-19-9-14/h2-9,13H,10-12H2,1H3,(H,20,23)(H,21,24)/t13-/m0/s1. The van der Waals surface area contributed by atoms with E-state index in [0.29, 0.717) is 13.1 Å². The summed E-state index contributed by atoms with van der Waals surface area (Å²) in [4.78, 5) is 30.4. The summed E-state index contributed by atoms with van der Waals surface area (Å²) >= 11 is 0. The van der Waals surface area contributed by atoms with Crippen LogP contribution in [0.25, 0.3) is 0 Å². The first kappa shape index (κ1) is 16.0.